The second-order valence-corrected chi connectivity index (χ2v) is 9.23. The number of hydrogen-bond acceptors (Lipinski definition) is 1. The maximum absolute atomic E-state index is 5.07. The van der Waals surface area contributed by atoms with E-state index in [0.717, 1.165) is 0 Å². The van der Waals surface area contributed by atoms with Gasteiger partial charge >= 0.3 is 0 Å². The third kappa shape index (κ3) is 1.41. The number of benzene rings is 2. The minimum absolute atomic E-state index is 0.308. The van der Waals surface area contributed by atoms with Gasteiger partial charge in [-0.3, -0.25) is 4.40 Å². The van der Waals surface area contributed by atoms with Crippen molar-refractivity contribution >= 4 is 27.3 Å². The molecule has 0 bridgehead atoms. The number of aryl methyl sites for hydroxylation is 1. The molecule has 2 unspecified atom stereocenters. The van der Waals surface area contributed by atoms with Gasteiger partial charge in [0.25, 0.3) is 0 Å². The number of aromatic nitrogens is 2. The Morgan fingerprint density at radius 1 is 0.852 bits per heavy atom. The van der Waals surface area contributed by atoms with E-state index in [9.17, 15) is 0 Å². The fourth-order valence-electron chi connectivity index (χ4n) is 7.45. The maximum atomic E-state index is 5.07. The van der Waals surface area contributed by atoms with Crippen molar-refractivity contribution in [3.8, 4) is 0 Å². The number of imidazole rings is 1. The molecule has 2 atom stereocenters. The third-order valence-corrected chi connectivity index (χ3v) is 8.39. The fourth-order valence-corrected chi connectivity index (χ4v) is 7.45. The lowest BCUT2D eigenvalue weighted by Crippen LogP contribution is -2.50. The van der Waals surface area contributed by atoms with E-state index in [1.54, 1.807) is 5.56 Å². The summed E-state index contributed by atoms with van der Waals surface area (Å²) in [7, 11) is 0. The highest BCUT2D eigenvalue weighted by Crippen LogP contribution is 2.65. The maximum Gasteiger partial charge on any atom is 0.145 e. The Morgan fingerprint density at radius 3 is 2.52 bits per heavy atom. The van der Waals surface area contributed by atoms with Crippen molar-refractivity contribution in [1.29, 1.82) is 0 Å². The van der Waals surface area contributed by atoms with E-state index in [-0.39, 0.29) is 0 Å². The van der Waals surface area contributed by atoms with Crippen LogP contribution in [0.4, 0.5) is 0 Å². The number of para-hydroxylation sites is 1. The molecule has 2 fully saturated rings. The molecule has 2 aromatic carbocycles. The SMILES string of the molecule is Cc1cccc2c3cccc4c3n3c(cnc3c12)C12CCCCC41CCC2. The Morgan fingerprint density at radius 2 is 1.59 bits per heavy atom. The molecule has 0 amide bonds. The summed E-state index contributed by atoms with van der Waals surface area (Å²) < 4.78 is 2.58. The predicted octanol–water partition coefficient (Wildman–Crippen LogP) is 6.20. The van der Waals surface area contributed by atoms with Crippen LogP contribution >= 0.6 is 0 Å². The average Bonchev–Trinajstić information content (AvgIpc) is 3.31. The number of pyridine rings is 1. The first kappa shape index (κ1) is 14.7. The van der Waals surface area contributed by atoms with Gasteiger partial charge in [0.1, 0.15) is 5.65 Å². The number of hydrogen-bond donors (Lipinski definition) is 0. The molecule has 2 aromatic heterocycles. The second kappa shape index (κ2) is 4.55. The standard InChI is InChI=1S/C25H24N2/c1-16-7-4-8-17-18-9-5-10-19-22(18)27-20(15-26-23(27)21(16)17)25-12-3-2-11-24(19,25)13-6-14-25/h4-5,7-10,15H,2-3,6,11-14H2,1H3. The van der Waals surface area contributed by atoms with Crippen LogP contribution in [-0.4, -0.2) is 9.38 Å². The molecular weight excluding hydrogens is 328 g/mol. The summed E-state index contributed by atoms with van der Waals surface area (Å²) in [5, 5.41) is 4.12. The summed E-state index contributed by atoms with van der Waals surface area (Å²) in [6.07, 6.45) is 11.7. The Balaban J connectivity index is 1.82. The molecule has 7 rings (SSSR count). The van der Waals surface area contributed by atoms with E-state index >= 15 is 0 Å². The number of fused-ring (bicyclic) bond motifs is 3. The molecule has 134 valence electrons. The average molecular weight is 352 g/mol. The highest BCUT2D eigenvalue weighted by Gasteiger charge is 2.60. The van der Waals surface area contributed by atoms with Crippen molar-refractivity contribution in [2.24, 2.45) is 0 Å². The quantitative estimate of drug-likeness (QED) is 0.345. The molecule has 2 nitrogen and oxygen atoms in total. The lowest BCUT2D eigenvalue weighted by molar-refractivity contribution is 0.162. The van der Waals surface area contributed by atoms with Crippen LogP contribution in [-0.2, 0) is 10.8 Å². The van der Waals surface area contributed by atoms with Crippen molar-refractivity contribution in [2.75, 3.05) is 0 Å². The van der Waals surface area contributed by atoms with Gasteiger partial charge in [-0.25, -0.2) is 4.98 Å². The van der Waals surface area contributed by atoms with Gasteiger partial charge in [-0.1, -0.05) is 55.7 Å². The summed E-state index contributed by atoms with van der Waals surface area (Å²) in [6.45, 7) is 2.23. The second-order valence-electron chi connectivity index (χ2n) is 9.23. The van der Waals surface area contributed by atoms with Crippen molar-refractivity contribution in [1.82, 2.24) is 9.38 Å². The van der Waals surface area contributed by atoms with Crippen LogP contribution in [0.25, 0.3) is 27.3 Å². The smallest absolute Gasteiger partial charge is 0.145 e. The van der Waals surface area contributed by atoms with Crippen molar-refractivity contribution in [3.05, 3.63) is 59.4 Å². The van der Waals surface area contributed by atoms with E-state index in [2.05, 4.69) is 53.9 Å². The Kier molecular flexibility index (Phi) is 2.47. The Bertz CT molecular complexity index is 1280. The van der Waals surface area contributed by atoms with Gasteiger partial charge in [0.15, 0.2) is 0 Å². The van der Waals surface area contributed by atoms with Gasteiger partial charge in [0.2, 0.25) is 0 Å². The van der Waals surface area contributed by atoms with Crippen molar-refractivity contribution in [3.63, 3.8) is 0 Å². The predicted molar refractivity (Wildman–Crippen MR) is 111 cm³/mol. The van der Waals surface area contributed by atoms with Crippen LogP contribution in [0.15, 0.2) is 42.6 Å². The monoisotopic (exact) mass is 352 g/mol. The molecule has 0 radical (unpaired) electrons. The zero-order chi connectivity index (χ0) is 17.8. The number of rotatable bonds is 0. The Labute approximate surface area is 159 Å². The van der Waals surface area contributed by atoms with Gasteiger partial charge in [-0.2, -0.15) is 0 Å². The van der Waals surface area contributed by atoms with Crippen LogP contribution in [0.1, 0.15) is 61.8 Å². The highest BCUT2D eigenvalue weighted by atomic mass is 15.1. The third-order valence-electron chi connectivity index (χ3n) is 8.39. The molecule has 4 aromatic rings. The first-order valence-electron chi connectivity index (χ1n) is 10.6. The molecule has 27 heavy (non-hydrogen) atoms. The van der Waals surface area contributed by atoms with Gasteiger partial charge < -0.3 is 0 Å². The zero-order valence-corrected chi connectivity index (χ0v) is 15.9. The first-order valence-corrected chi connectivity index (χ1v) is 10.6. The molecule has 2 saturated carbocycles. The van der Waals surface area contributed by atoms with E-state index < -0.39 is 0 Å². The van der Waals surface area contributed by atoms with Gasteiger partial charge in [0, 0.05) is 27.8 Å². The van der Waals surface area contributed by atoms with Crippen LogP contribution < -0.4 is 0 Å². The normalized spacial score (nSPS) is 28.9. The summed E-state index contributed by atoms with van der Waals surface area (Å²) in [5.41, 5.74) is 7.75. The Hall–Kier alpha value is -2.35. The molecule has 3 aliphatic rings. The molecule has 0 saturated heterocycles. The number of nitrogens with zero attached hydrogens (tertiary/aromatic N) is 2. The van der Waals surface area contributed by atoms with E-state index in [1.165, 1.54) is 83.5 Å². The first-order chi connectivity index (χ1) is 13.3. The minimum Gasteiger partial charge on any atom is -0.295 e. The van der Waals surface area contributed by atoms with Crippen LogP contribution in [0.5, 0.6) is 0 Å². The molecule has 2 aliphatic carbocycles. The van der Waals surface area contributed by atoms with Gasteiger partial charge in [-0.05, 0) is 49.1 Å². The molecule has 0 N–H and O–H groups in total. The summed E-state index contributed by atoms with van der Waals surface area (Å²) in [4.78, 5) is 5.07. The highest BCUT2D eigenvalue weighted by molar-refractivity contribution is 6.14. The molecule has 1 aliphatic heterocycles. The van der Waals surface area contributed by atoms with E-state index in [1.807, 2.05) is 0 Å². The van der Waals surface area contributed by atoms with Gasteiger partial charge in [0.05, 0.1) is 11.2 Å². The van der Waals surface area contributed by atoms with E-state index in [4.69, 9.17) is 4.98 Å². The zero-order valence-electron chi connectivity index (χ0n) is 15.9. The summed E-state index contributed by atoms with van der Waals surface area (Å²) >= 11 is 0. The molecular formula is C25H24N2. The lowest BCUT2D eigenvalue weighted by atomic mass is 9.52. The van der Waals surface area contributed by atoms with Crippen molar-refractivity contribution in [2.45, 2.75) is 62.7 Å². The topological polar surface area (TPSA) is 17.3 Å². The molecule has 2 heteroatoms. The van der Waals surface area contributed by atoms with Crippen molar-refractivity contribution < 1.29 is 0 Å². The largest absolute Gasteiger partial charge is 0.295 e. The van der Waals surface area contributed by atoms with Crippen LogP contribution in [0.2, 0.25) is 0 Å². The summed E-state index contributed by atoms with van der Waals surface area (Å²) in [6, 6.07) is 13.8. The molecule has 3 heterocycles. The fraction of sp³-hybridized carbons (Fsp3) is 0.400. The lowest BCUT2D eigenvalue weighted by Gasteiger charge is -2.52. The van der Waals surface area contributed by atoms with Crippen LogP contribution in [0, 0.1) is 6.92 Å². The minimum atomic E-state index is 0.308. The van der Waals surface area contributed by atoms with E-state index in [0.29, 0.717) is 10.8 Å². The van der Waals surface area contributed by atoms with Gasteiger partial charge in [-0.15, -0.1) is 0 Å². The molecule has 0 spiro atoms. The van der Waals surface area contributed by atoms with Crippen LogP contribution in [0.3, 0.4) is 0 Å². The summed E-state index contributed by atoms with van der Waals surface area (Å²) in [5.74, 6) is 0.